The second-order valence-corrected chi connectivity index (χ2v) is 6.80. The summed E-state index contributed by atoms with van der Waals surface area (Å²) in [6.07, 6.45) is 5.82. The van der Waals surface area contributed by atoms with Crippen LogP contribution in [0.5, 0.6) is 0 Å². The lowest BCUT2D eigenvalue weighted by Gasteiger charge is -2.29. The fourth-order valence-electron chi connectivity index (χ4n) is 3.24. The van der Waals surface area contributed by atoms with Gasteiger partial charge in [0.1, 0.15) is 0 Å². The van der Waals surface area contributed by atoms with Crippen molar-refractivity contribution in [2.45, 2.75) is 39.0 Å². The summed E-state index contributed by atoms with van der Waals surface area (Å²) < 4.78 is 0. The number of hydrogen-bond donors (Lipinski definition) is 1. The maximum atomic E-state index is 12.0. The van der Waals surface area contributed by atoms with Crippen LogP contribution in [0.4, 0.5) is 11.4 Å². The summed E-state index contributed by atoms with van der Waals surface area (Å²) in [6, 6.07) is 8.21. The molecule has 0 radical (unpaired) electrons. The number of benzene rings is 1. The molecule has 0 spiro atoms. The van der Waals surface area contributed by atoms with E-state index in [1.54, 1.807) is 11.8 Å². The predicted octanol–water partition coefficient (Wildman–Crippen LogP) is 2.56. The number of piperidine rings is 1. The number of carbonyl (C=O) groups is 2. The molecule has 1 aromatic carbocycles. The molecule has 1 saturated carbocycles. The van der Waals surface area contributed by atoms with E-state index >= 15 is 0 Å². The minimum Gasteiger partial charge on any atom is -0.372 e. The van der Waals surface area contributed by atoms with Gasteiger partial charge < -0.3 is 15.1 Å². The normalized spacial score (nSPS) is 17.5. The molecule has 0 bridgehead atoms. The topological polar surface area (TPSA) is 52.7 Å². The first kappa shape index (κ1) is 16.8. The minimum atomic E-state index is 0.00129. The lowest BCUT2D eigenvalue weighted by molar-refractivity contribution is -0.122. The van der Waals surface area contributed by atoms with Gasteiger partial charge in [0.15, 0.2) is 0 Å². The average molecular weight is 329 g/mol. The first-order chi connectivity index (χ1) is 11.6. The van der Waals surface area contributed by atoms with Crippen molar-refractivity contribution < 1.29 is 9.59 Å². The Kier molecular flexibility index (Phi) is 5.38. The van der Waals surface area contributed by atoms with Crippen molar-refractivity contribution in [3.05, 3.63) is 24.3 Å². The van der Waals surface area contributed by atoms with Crippen LogP contribution in [-0.2, 0) is 9.59 Å². The molecule has 2 fully saturated rings. The maximum absolute atomic E-state index is 12.0. The largest absolute Gasteiger partial charge is 0.372 e. The molecule has 0 aromatic heterocycles. The highest BCUT2D eigenvalue weighted by atomic mass is 16.2. The van der Waals surface area contributed by atoms with E-state index in [9.17, 15) is 9.59 Å². The van der Waals surface area contributed by atoms with Gasteiger partial charge in [0.25, 0.3) is 0 Å². The van der Waals surface area contributed by atoms with Gasteiger partial charge in [-0.3, -0.25) is 9.59 Å². The molecule has 0 unspecified atom stereocenters. The van der Waals surface area contributed by atoms with E-state index in [4.69, 9.17) is 0 Å². The molecule has 5 nitrogen and oxygen atoms in total. The number of carbonyl (C=O) groups excluding carboxylic acids is 2. The van der Waals surface area contributed by atoms with Crippen molar-refractivity contribution in [1.29, 1.82) is 0 Å². The third-order valence-corrected chi connectivity index (χ3v) is 4.85. The molecule has 1 aliphatic heterocycles. The van der Waals surface area contributed by atoms with Crippen LogP contribution < -0.4 is 15.1 Å². The molecule has 5 heteroatoms. The second-order valence-electron chi connectivity index (χ2n) is 6.80. The molecule has 2 amide bonds. The van der Waals surface area contributed by atoms with Crippen LogP contribution >= 0.6 is 0 Å². The standard InChI is InChI=1S/C19H27N3O2/c1-15(23)22(14-11-20-19(24)16-5-6-16)18-9-7-17(8-10-18)21-12-3-2-4-13-21/h7-10,16H,2-6,11-14H2,1H3,(H,20,24). The third kappa shape index (κ3) is 4.28. The smallest absolute Gasteiger partial charge is 0.223 e. The number of amides is 2. The Morgan fingerprint density at radius 1 is 1.12 bits per heavy atom. The number of hydrogen-bond acceptors (Lipinski definition) is 3. The quantitative estimate of drug-likeness (QED) is 0.873. The molecule has 2 aliphatic rings. The Labute approximate surface area is 144 Å². The van der Waals surface area contributed by atoms with Crippen molar-refractivity contribution in [2.24, 2.45) is 5.92 Å². The van der Waals surface area contributed by atoms with Gasteiger partial charge in [0.2, 0.25) is 11.8 Å². The number of rotatable bonds is 6. The predicted molar refractivity (Wildman–Crippen MR) is 96.3 cm³/mol. The van der Waals surface area contributed by atoms with Crippen LogP contribution in [-0.4, -0.2) is 38.0 Å². The highest BCUT2D eigenvalue weighted by Gasteiger charge is 2.29. The van der Waals surface area contributed by atoms with Crippen LogP contribution in [0.2, 0.25) is 0 Å². The summed E-state index contributed by atoms with van der Waals surface area (Å²) in [4.78, 5) is 27.8. The van der Waals surface area contributed by atoms with Crippen LogP contribution in [0.15, 0.2) is 24.3 Å². The van der Waals surface area contributed by atoms with E-state index in [0.29, 0.717) is 13.1 Å². The zero-order valence-electron chi connectivity index (χ0n) is 14.5. The zero-order valence-corrected chi connectivity index (χ0v) is 14.5. The van der Waals surface area contributed by atoms with E-state index in [0.717, 1.165) is 31.6 Å². The molecule has 1 heterocycles. The molecule has 0 atom stereocenters. The summed E-state index contributed by atoms with van der Waals surface area (Å²) in [5.74, 6) is 0.333. The highest BCUT2D eigenvalue weighted by molar-refractivity contribution is 5.91. The van der Waals surface area contributed by atoms with E-state index in [1.165, 1.54) is 24.9 Å². The number of nitrogens with one attached hydrogen (secondary N) is 1. The van der Waals surface area contributed by atoms with Crippen LogP contribution in [0.25, 0.3) is 0 Å². The second kappa shape index (κ2) is 7.69. The third-order valence-electron chi connectivity index (χ3n) is 4.85. The average Bonchev–Trinajstić information content (AvgIpc) is 3.44. The van der Waals surface area contributed by atoms with Crippen molar-refractivity contribution in [1.82, 2.24) is 5.32 Å². The van der Waals surface area contributed by atoms with Gasteiger partial charge in [-0.15, -0.1) is 0 Å². The molecule has 1 N–H and O–H groups in total. The van der Waals surface area contributed by atoms with Crippen molar-refractivity contribution in [2.75, 3.05) is 36.0 Å². The van der Waals surface area contributed by atoms with Gasteiger partial charge in [-0.1, -0.05) is 0 Å². The van der Waals surface area contributed by atoms with Crippen LogP contribution in [0.1, 0.15) is 39.0 Å². The molecule has 130 valence electrons. The molecular formula is C19H27N3O2. The van der Waals surface area contributed by atoms with Gasteiger partial charge in [-0.2, -0.15) is 0 Å². The molecule has 24 heavy (non-hydrogen) atoms. The lowest BCUT2D eigenvalue weighted by atomic mass is 10.1. The molecular weight excluding hydrogens is 302 g/mol. The zero-order chi connectivity index (χ0) is 16.9. The van der Waals surface area contributed by atoms with Crippen molar-refractivity contribution >= 4 is 23.2 Å². The van der Waals surface area contributed by atoms with E-state index in [1.807, 2.05) is 12.1 Å². The van der Waals surface area contributed by atoms with Gasteiger partial charge in [-0.25, -0.2) is 0 Å². The van der Waals surface area contributed by atoms with E-state index in [2.05, 4.69) is 22.3 Å². The highest BCUT2D eigenvalue weighted by Crippen LogP contribution is 2.28. The van der Waals surface area contributed by atoms with E-state index in [-0.39, 0.29) is 17.7 Å². The molecule has 1 saturated heterocycles. The van der Waals surface area contributed by atoms with E-state index < -0.39 is 0 Å². The Morgan fingerprint density at radius 2 is 1.79 bits per heavy atom. The summed E-state index contributed by atoms with van der Waals surface area (Å²) in [6.45, 7) is 4.81. The summed E-state index contributed by atoms with van der Waals surface area (Å²) in [5.41, 5.74) is 2.12. The van der Waals surface area contributed by atoms with Gasteiger partial charge in [0.05, 0.1) is 0 Å². The summed E-state index contributed by atoms with van der Waals surface area (Å²) in [5, 5.41) is 2.92. The first-order valence-electron chi connectivity index (χ1n) is 9.06. The van der Waals surface area contributed by atoms with Crippen LogP contribution in [0, 0.1) is 5.92 Å². The van der Waals surface area contributed by atoms with Gasteiger partial charge in [0, 0.05) is 50.4 Å². The van der Waals surface area contributed by atoms with Gasteiger partial charge >= 0.3 is 0 Å². The SMILES string of the molecule is CC(=O)N(CCNC(=O)C1CC1)c1ccc(N2CCCCC2)cc1. The fourth-order valence-corrected chi connectivity index (χ4v) is 3.24. The number of anilines is 2. The van der Waals surface area contributed by atoms with Crippen LogP contribution in [0.3, 0.4) is 0 Å². The van der Waals surface area contributed by atoms with Gasteiger partial charge in [-0.05, 0) is 56.4 Å². The lowest BCUT2D eigenvalue weighted by Crippen LogP contribution is -2.38. The summed E-state index contributed by atoms with van der Waals surface area (Å²) >= 11 is 0. The fraction of sp³-hybridized carbons (Fsp3) is 0.579. The summed E-state index contributed by atoms with van der Waals surface area (Å²) in [7, 11) is 0. The Morgan fingerprint density at radius 3 is 2.38 bits per heavy atom. The molecule has 1 aliphatic carbocycles. The van der Waals surface area contributed by atoms with Crippen molar-refractivity contribution in [3.8, 4) is 0 Å². The molecule has 1 aromatic rings. The molecule has 3 rings (SSSR count). The number of nitrogens with zero attached hydrogens (tertiary/aromatic N) is 2. The minimum absolute atomic E-state index is 0.00129. The first-order valence-corrected chi connectivity index (χ1v) is 9.06. The monoisotopic (exact) mass is 329 g/mol. The Bertz CT molecular complexity index is 575. The maximum Gasteiger partial charge on any atom is 0.223 e. The Balaban J connectivity index is 1.58. The van der Waals surface area contributed by atoms with Crippen molar-refractivity contribution in [3.63, 3.8) is 0 Å². The Hall–Kier alpha value is -2.04.